The maximum atomic E-state index is 12.2. The summed E-state index contributed by atoms with van der Waals surface area (Å²) in [5.74, 6) is 0.306. The van der Waals surface area contributed by atoms with E-state index >= 15 is 0 Å². The summed E-state index contributed by atoms with van der Waals surface area (Å²) in [6, 6.07) is 13.7. The highest BCUT2D eigenvalue weighted by Gasteiger charge is 2.18. The second kappa shape index (κ2) is 8.65. The number of hydrogen-bond acceptors (Lipinski definition) is 4. The van der Waals surface area contributed by atoms with E-state index in [2.05, 4.69) is 0 Å². The van der Waals surface area contributed by atoms with E-state index in [0.717, 1.165) is 5.56 Å². The van der Waals surface area contributed by atoms with E-state index in [0.29, 0.717) is 42.6 Å². The molecule has 1 fully saturated rings. The Labute approximate surface area is 156 Å². The summed E-state index contributed by atoms with van der Waals surface area (Å²) in [6.45, 7) is 2.08. The van der Waals surface area contributed by atoms with Gasteiger partial charge in [0.25, 0.3) is 0 Å². The molecule has 1 saturated heterocycles. The molecule has 6 heteroatoms. The second-order valence-corrected chi connectivity index (χ2v) is 6.18. The number of carbonyl (C=O) groups excluding carboxylic acids is 2. The molecular formula is C20H18ClNO4. The Morgan fingerprint density at radius 1 is 1.08 bits per heavy atom. The number of amides is 1. The number of ketones is 1. The van der Waals surface area contributed by atoms with Gasteiger partial charge in [-0.3, -0.25) is 4.79 Å². The molecule has 1 amide bonds. The zero-order valence-corrected chi connectivity index (χ0v) is 14.8. The molecule has 3 rings (SSSR count). The minimum absolute atomic E-state index is 0.127. The van der Waals surface area contributed by atoms with Crippen LogP contribution < -0.4 is 4.74 Å². The van der Waals surface area contributed by atoms with E-state index in [9.17, 15) is 9.59 Å². The van der Waals surface area contributed by atoms with E-state index < -0.39 is 6.09 Å². The number of carbonyl (C=O) groups is 2. The molecule has 0 saturated carbocycles. The van der Waals surface area contributed by atoms with Crippen molar-refractivity contribution in [3.8, 4) is 5.75 Å². The Hall–Kier alpha value is -2.63. The average Bonchev–Trinajstić information content (AvgIpc) is 2.67. The van der Waals surface area contributed by atoms with Crippen molar-refractivity contribution >= 4 is 29.6 Å². The van der Waals surface area contributed by atoms with Crippen LogP contribution in [0.1, 0.15) is 15.9 Å². The Kier molecular flexibility index (Phi) is 6.04. The molecule has 1 aliphatic rings. The van der Waals surface area contributed by atoms with E-state index in [-0.39, 0.29) is 5.78 Å². The van der Waals surface area contributed by atoms with Crippen molar-refractivity contribution in [2.75, 3.05) is 26.3 Å². The minimum atomic E-state index is -0.397. The molecule has 1 aliphatic heterocycles. The SMILES string of the molecule is O=C(C=Cc1cccc(OC(=O)N2CCOCC2)c1)c1ccc(Cl)cc1. The van der Waals surface area contributed by atoms with E-state index in [4.69, 9.17) is 21.1 Å². The van der Waals surface area contributed by atoms with Crippen molar-refractivity contribution < 1.29 is 19.1 Å². The molecule has 0 radical (unpaired) electrons. The molecule has 0 aromatic heterocycles. The van der Waals surface area contributed by atoms with Crippen molar-refractivity contribution in [1.29, 1.82) is 0 Å². The topological polar surface area (TPSA) is 55.8 Å². The average molecular weight is 372 g/mol. The van der Waals surface area contributed by atoms with Crippen LogP contribution in [0.3, 0.4) is 0 Å². The highest BCUT2D eigenvalue weighted by Crippen LogP contribution is 2.17. The minimum Gasteiger partial charge on any atom is -0.410 e. The molecule has 0 spiro atoms. The molecular weight excluding hydrogens is 354 g/mol. The molecule has 0 N–H and O–H groups in total. The predicted molar refractivity (Wildman–Crippen MR) is 99.7 cm³/mol. The third kappa shape index (κ3) is 4.94. The standard InChI is InChI=1S/C20H18ClNO4/c21-17-7-5-16(6-8-17)19(23)9-4-15-2-1-3-18(14-15)26-20(24)22-10-12-25-13-11-22/h1-9,14H,10-13H2. The molecule has 5 nitrogen and oxygen atoms in total. The van der Waals surface area contributed by atoms with E-state index in [1.807, 2.05) is 6.07 Å². The van der Waals surface area contributed by atoms with Crippen LogP contribution in [-0.4, -0.2) is 43.1 Å². The van der Waals surface area contributed by atoms with Crippen molar-refractivity contribution in [3.63, 3.8) is 0 Å². The lowest BCUT2D eigenvalue weighted by atomic mass is 10.1. The van der Waals surface area contributed by atoms with E-state index in [1.165, 1.54) is 6.08 Å². The molecule has 1 heterocycles. The van der Waals surface area contributed by atoms with Gasteiger partial charge in [0.15, 0.2) is 5.78 Å². The molecule has 0 atom stereocenters. The van der Waals surface area contributed by atoms with Gasteiger partial charge in [-0.05, 0) is 48.0 Å². The Bertz CT molecular complexity index is 811. The van der Waals surface area contributed by atoms with E-state index in [1.54, 1.807) is 53.4 Å². The molecule has 134 valence electrons. The number of hydrogen-bond donors (Lipinski definition) is 0. The summed E-state index contributed by atoms with van der Waals surface area (Å²) in [5.41, 5.74) is 1.32. The van der Waals surface area contributed by atoms with Gasteiger partial charge in [-0.15, -0.1) is 0 Å². The van der Waals surface area contributed by atoms with Crippen LogP contribution in [0.5, 0.6) is 5.75 Å². The molecule has 0 aliphatic carbocycles. The molecule has 26 heavy (non-hydrogen) atoms. The van der Waals surface area contributed by atoms with Crippen molar-refractivity contribution in [1.82, 2.24) is 4.90 Å². The van der Waals surface area contributed by atoms with Gasteiger partial charge < -0.3 is 14.4 Å². The van der Waals surface area contributed by atoms with Crippen LogP contribution >= 0.6 is 11.6 Å². The fraction of sp³-hybridized carbons (Fsp3) is 0.200. The van der Waals surface area contributed by atoms with Gasteiger partial charge >= 0.3 is 6.09 Å². The lowest BCUT2D eigenvalue weighted by molar-refractivity contribution is 0.0416. The van der Waals surface area contributed by atoms with Gasteiger partial charge in [0.1, 0.15) is 5.75 Å². The molecule has 0 unspecified atom stereocenters. The predicted octanol–water partition coefficient (Wildman–Crippen LogP) is 4.07. The first-order valence-electron chi connectivity index (χ1n) is 8.24. The highest BCUT2D eigenvalue weighted by molar-refractivity contribution is 6.30. The van der Waals surface area contributed by atoms with Crippen molar-refractivity contribution in [2.45, 2.75) is 0 Å². The third-order valence-electron chi connectivity index (χ3n) is 3.89. The number of halogens is 1. The number of ether oxygens (including phenoxy) is 2. The highest BCUT2D eigenvalue weighted by atomic mass is 35.5. The number of rotatable bonds is 4. The fourth-order valence-corrected chi connectivity index (χ4v) is 2.60. The van der Waals surface area contributed by atoms with Gasteiger partial charge in [-0.1, -0.05) is 29.8 Å². The number of allylic oxidation sites excluding steroid dienone is 1. The first-order valence-corrected chi connectivity index (χ1v) is 8.62. The van der Waals surface area contributed by atoms with Crippen LogP contribution in [0.25, 0.3) is 6.08 Å². The zero-order chi connectivity index (χ0) is 18.4. The zero-order valence-electron chi connectivity index (χ0n) is 14.1. The molecule has 0 bridgehead atoms. The van der Waals surface area contributed by atoms with Crippen LogP contribution in [0.15, 0.2) is 54.6 Å². The Balaban J connectivity index is 1.64. The van der Waals surface area contributed by atoms with Crippen LogP contribution in [0.2, 0.25) is 5.02 Å². The monoisotopic (exact) mass is 371 g/mol. The van der Waals surface area contributed by atoms with Crippen LogP contribution in [-0.2, 0) is 4.74 Å². The summed E-state index contributed by atoms with van der Waals surface area (Å²) in [6.07, 6.45) is 2.77. The first-order chi connectivity index (χ1) is 12.6. The Morgan fingerprint density at radius 2 is 1.81 bits per heavy atom. The maximum absolute atomic E-state index is 12.2. The van der Waals surface area contributed by atoms with Gasteiger partial charge in [-0.25, -0.2) is 4.79 Å². The van der Waals surface area contributed by atoms with Gasteiger partial charge in [0.05, 0.1) is 13.2 Å². The molecule has 2 aromatic rings. The van der Waals surface area contributed by atoms with Gasteiger partial charge in [0, 0.05) is 23.7 Å². The summed E-state index contributed by atoms with van der Waals surface area (Å²) in [7, 11) is 0. The third-order valence-corrected chi connectivity index (χ3v) is 4.14. The van der Waals surface area contributed by atoms with Crippen molar-refractivity contribution in [3.05, 3.63) is 70.8 Å². The normalized spacial score (nSPS) is 14.4. The lowest BCUT2D eigenvalue weighted by Gasteiger charge is -2.25. The summed E-state index contributed by atoms with van der Waals surface area (Å²) in [4.78, 5) is 25.9. The number of morpholine rings is 1. The summed E-state index contributed by atoms with van der Waals surface area (Å²) in [5, 5.41) is 0.584. The van der Waals surface area contributed by atoms with Crippen molar-refractivity contribution in [2.24, 2.45) is 0 Å². The van der Waals surface area contributed by atoms with Crippen LogP contribution in [0, 0.1) is 0 Å². The van der Waals surface area contributed by atoms with Gasteiger partial charge in [-0.2, -0.15) is 0 Å². The Morgan fingerprint density at radius 3 is 2.54 bits per heavy atom. The fourth-order valence-electron chi connectivity index (χ4n) is 2.48. The largest absolute Gasteiger partial charge is 0.415 e. The number of nitrogens with zero attached hydrogens (tertiary/aromatic N) is 1. The molecule has 2 aromatic carbocycles. The van der Waals surface area contributed by atoms with Crippen LogP contribution in [0.4, 0.5) is 4.79 Å². The summed E-state index contributed by atoms with van der Waals surface area (Å²) >= 11 is 5.82. The number of benzene rings is 2. The maximum Gasteiger partial charge on any atom is 0.415 e. The second-order valence-electron chi connectivity index (χ2n) is 5.74. The quantitative estimate of drug-likeness (QED) is 0.600. The first kappa shape index (κ1) is 18.2. The lowest BCUT2D eigenvalue weighted by Crippen LogP contribution is -2.42. The summed E-state index contributed by atoms with van der Waals surface area (Å²) < 4.78 is 10.6. The van der Waals surface area contributed by atoms with Gasteiger partial charge in [0.2, 0.25) is 0 Å². The smallest absolute Gasteiger partial charge is 0.410 e.